The van der Waals surface area contributed by atoms with Crippen LogP contribution in [0.3, 0.4) is 0 Å². The first-order valence-electron chi connectivity index (χ1n) is 12.9. The number of amides is 1. The zero-order valence-electron chi connectivity index (χ0n) is 22.3. The molecule has 4 aromatic rings. The zero-order valence-corrected chi connectivity index (χ0v) is 22.3. The molecule has 2 N–H and O–H groups in total. The number of carbonyl (C=O) groups is 1. The molecule has 0 saturated heterocycles. The minimum atomic E-state index is -0.708. The van der Waals surface area contributed by atoms with Crippen molar-refractivity contribution in [3.05, 3.63) is 77.3 Å². The molecule has 9 nitrogen and oxygen atoms in total. The third-order valence-corrected chi connectivity index (χ3v) is 8.05. The van der Waals surface area contributed by atoms with E-state index in [4.69, 9.17) is 10.7 Å². The molecule has 3 heterocycles. The fourth-order valence-electron chi connectivity index (χ4n) is 5.53. The molecule has 0 spiro atoms. The van der Waals surface area contributed by atoms with Gasteiger partial charge in [0.25, 0.3) is 5.95 Å². The summed E-state index contributed by atoms with van der Waals surface area (Å²) in [5, 5.41) is 13.3. The van der Waals surface area contributed by atoms with Crippen molar-refractivity contribution in [3.63, 3.8) is 0 Å². The molecule has 0 radical (unpaired) electrons. The summed E-state index contributed by atoms with van der Waals surface area (Å²) in [5.74, 6) is -0.888. The number of hydrogen-bond acceptors (Lipinski definition) is 7. The highest BCUT2D eigenvalue weighted by Gasteiger charge is 2.52. The molecule has 1 aliphatic rings. The number of hydrogen-bond donors (Lipinski definition) is 1. The number of aryl methyl sites for hydroxylation is 1. The summed E-state index contributed by atoms with van der Waals surface area (Å²) in [7, 11) is 0. The minimum absolute atomic E-state index is 0.122. The molecule has 5 rings (SSSR count). The Morgan fingerprint density at radius 2 is 1.87 bits per heavy atom. The van der Waals surface area contributed by atoms with Crippen LogP contribution in [0, 0.1) is 17.0 Å². The molecular weight excluding hydrogens is 502 g/mol. The first-order valence-corrected chi connectivity index (χ1v) is 12.9. The third-order valence-electron chi connectivity index (χ3n) is 8.05. The predicted molar refractivity (Wildman–Crippen MR) is 140 cm³/mol. The molecule has 0 unspecified atom stereocenters. The largest absolute Gasteiger partial charge is 0.370 e. The number of aromatic nitrogens is 7. The molecule has 1 aromatic carbocycles. The molecule has 1 aliphatic carbocycles. The van der Waals surface area contributed by atoms with Crippen LogP contribution in [0.5, 0.6) is 0 Å². The van der Waals surface area contributed by atoms with Gasteiger partial charge in [-0.3, -0.25) is 4.79 Å². The first kappa shape index (κ1) is 26.5. The van der Waals surface area contributed by atoms with Gasteiger partial charge < -0.3 is 5.73 Å². The third kappa shape index (κ3) is 4.55. The van der Waals surface area contributed by atoms with Crippen molar-refractivity contribution >= 4 is 5.91 Å². The van der Waals surface area contributed by atoms with Crippen molar-refractivity contribution in [2.45, 2.75) is 64.7 Å². The van der Waals surface area contributed by atoms with Gasteiger partial charge in [-0.2, -0.15) is 9.78 Å². The second kappa shape index (κ2) is 9.87. The van der Waals surface area contributed by atoms with Crippen LogP contribution in [0.2, 0.25) is 0 Å². The van der Waals surface area contributed by atoms with Gasteiger partial charge in [0.05, 0.1) is 28.1 Å². The monoisotopic (exact) mass is 532 g/mol. The number of nitrogens with zero attached hydrogens (tertiary/aromatic N) is 7. The highest BCUT2D eigenvalue weighted by Crippen LogP contribution is 2.56. The summed E-state index contributed by atoms with van der Waals surface area (Å²) in [5.41, 5.74) is 6.55. The maximum atomic E-state index is 14.6. The lowest BCUT2D eigenvalue weighted by Gasteiger charge is -2.50. The van der Waals surface area contributed by atoms with Crippen molar-refractivity contribution in [2.75, 3.05) is 0 Å². The number of fused-ring (bicyclic) bond motifs is 1. The Kier molecular flexibility index (Phi) is 6.69. The fraction of sp³-hybridized carbons (Fsp3) is 0.393. The average Bonchev–Trinajstić information content (AvgIpc) is 3.39. The van der Waals surface area contributed by atoms with Gasteiger partial charge >= 0.3 is 0 Å². The number of halogens is 2. The van der Waals surface area contributed by atoms with E-state index in [2.05, 4.69) is 53.0 Å². The van der Waals surface area contributed by atoms with E-state index < -0.39 is 23.0 Å². The molecule has 1 amide bonds. The van der Waals surface area contributed by atoms with Gasteiger partial charge in [0.15, 0.2) is 5.82 Å². The van der Waals surface area contributed by atoms with E-state index in [1.165, 1.54) is 29.2 Å². The van der Waals surface area contributed by atoms with E-state index in [-0.39, 0.29) is 29.0 Å². The van der Waals surface area contributed by atoms with Gasteiger partial charge in [-0.1, -0.05) is 26.8 Å². The van der Waals surface area contributed by atoms with Gasteiger partial charge in [-0.05, 0) is 60.9 Å². The summed E-state index contributed by atoms with van der Waals surface area (Å²) >= 11 is 0. The van der Waals surface area contributed by atoms with E-state index >= 15 is 0 Å². The highest BCUT2D eigenvalue weighted by molar-refractivity contribution is 5.73. The molecule has 11 heteroatoms. The van der Waals surface area contributed by atoms with Crippen LogP contribution in [0.1, 0.15) is 75.7 Å². The number of rotatable bonds is 7. The van der Waals surface area contributed by atoms with Crippen molar-refractivity contribution in [1.29, 1.82) is 0 Å². The van der Waals surface area contributed by atoms with Crippen LogP contribution in [-0.2, 0) is 16.6 Å². The Balaban J connectivity index is 1.62. The second-order valence-corrected chi connectivity index (χ2v) is 10.8. The average molecular weight is 533 g/mol. The SMILES string of the molecule is CC[C@@H]1CC(C)(C)[C@@](C)(c2ccnc(-n3cnc(CCC(N)=O)n3)n2)c2nnc(-c3c(F)cccc3F)cc21. The number of carbonyl (C=O) groups excluding carboxylic acids is 1. The van der Waals surface area contributed by atoms with Gasteiger partial charge in [0.2, 0.25) is 5.91 Å². The van der Waals surface area contributed by atoms with Crippen LogP contribution in [0.4, 0.5) is 8.78 Å². The molecule has 0 aliphatic heterocycles. The van der Waals surface area contributed by atoms with E-state index in [1.807, 2.05) is 6.07 Å². The van der Waals surface area contributed by atoms with Gasteiger partial charge in [0, 0.05) is 19.0 Å². The van der Waals surface area contributed by atoms with Crippen LogP contribution in [-0.4, -0.2) is 40.8 Å². The van der Waals surface area contributed by atoms with Crippen molar-refractivity contribution in [2.24, 2.45) is 11.1 Å². The lowest BCUT2D eigenvalue weighted by molar-refractivity contribution is -0.118. The summed E-state index contributed by atoms with van der Waals surface area (Å²) < 4.78 is 30.7. The topological polar surface area (TPSA) is 125 Å². The molecule has 0 fully saturated rings. The minimum Gasteiger partial charge on any atom is -0.370 e. The standard InChI is InChI=1S/C28H30F2N8O/c1-5-16-14-27(2,3)28(4,25-17(16)13-20(35-36-25)24-18(29)7-6-8-19(24)30)21-11-12-32-26(34-21)38-15-33-23(37-38)10-9-22(31)39/h6-8,11-13,15-16H,5,9-10,14H2,1-4H3,(H2,31,39)/t16-,28+/m1/s1. The first-order chi connectivity index (χ1) is 18.5. The second-order valence-electron chi connectivity index (χ2n) is 10.8. The van der Waals surface area contributed by atoms with Crippen LogP contribution >= 0.6 is 0 Å². The molecule has 2 atom stereocenters. The Morgan fingerprint density at radius 1 is 1.13 bits per heavy atom. The van der Waals surface area contributed by atoms with Gasteiger partial charge in [-0.25, -0.2) is 23.7 Å². The Hall–Kier alpha value is -4.15. The van der Waals surface area contributed by atoms with Crippen LogP contribution in [0.25, 0.3) is 17.2 Å². The summed E-state index contributed by atoms with van der Waals surface area (Å²) in [6.45, 7) is 8.51. The van der Waals surface area contributed by atoms with E-state index in [9.17, 15) is 13.6 Å². The molecule has 3 aromatic heterocycles. The number of benzene rings is 1. The normalized spacial score (nSPS) is 20.0. The highest BCUT2D eigenvalue weighted by atomic mass is 19.1. The zero-order chi connectivity index (χ0) is 27.9. The van der Waals surface area contributed by atoms with E-state index in [0.717, 1.165) is 24.1 Å². The van der Waals surface area contributed by atoms with Gasteiger partial charge in [0.1, 0.15) is 18.0 Å². The molecule has 39 heavy (non-hydrogen) atoms. The van der Waals surface area contributed by atoms with Crippen LogP contribution < -0.4 is 5.73 Å². The Morgan fingerprint density at radius 3 is 2.56 bits per heavy atom. The van der Waals surface area contributed by atoms with Crippen molar-refractivity contribution < 1.29 is 13.6 Å². The Labute approximate surface area is 224 Å². The van der Waals surface area contributed by atoms with Crippen molar-refractivity contribution in [1.82, 2.24) is 34.9 Å². The smallest absolute Gasteiger partial charge is 0.252 e. The number of nitrogens with two attached hydrogens (primary N) is 1. The van der Waals surface area contributed by atoms with Gasteiger partial charge in [-0.15, -0.1) is 10.2 Å². The summed E-state index contributed by atoms with van der Waals surface area (Å²) in [4.78, 5) is 24.6. The van der Waals surface area contributed by atoms with Crippen molar-refractivity contribution in [3.8, 4) is 17.2 Å². The maximum absolute atomic E-state index is 14.6. The van der Waals surface area contributed by atoms with E-state index in [0.29, 0.717) is 23.9 Å². The number of primary amides is 1. The fourth-order valence-corrected chi connectivity index (χ4v) is 5.53. The molecular formula is C28H30F2N8O. The van der Waals surface area contributed by atoms with E-state index in [1.54, 1.807) is 12.3 Å². The molecule has 202 valence electrons. The quantitative estimate of drug-likeness (QED) is 0.373. The lowest BCUT2D eigenvalue weighted by Crippen LogP contribution is -2.47. The lowest BCUT2D eigenvalue weighted by atomic mass is 9.54. The predicted octanol–water partition coefficient (Wildman–Crippen LogP) is 4.44. The maximum Gasteiger partial charge on any atom is 0.252 e. The van der Waals surface area contributed by atoms with Crippen LogP contribution in [0.15, 0.2) is 42.9 Å². The molecule has 0 saturated carbocycles. The Bertz CT molecular complexity index is 1530. The summed E-state index contributed by atoms with van der Waals surface area (Å²) in [6, 6.07) is 7.39. The molecule has 0 bridgehead atoms. The summed E-state index contributed by atoms with van der Waals surface area (Å²) in [6.07, 6.45) is 5.26.